The first kappa shape index (κ1) is 15.9. The zero-order valence-corrected chi connectivity index (χ0v) is 12.1. The summed E-state index contributed by atoms with van der Waals surface area (Å²) in [4.78, 5) is 12.3. The first-order valence-electron chi connectivity index (χ1n) is 6.52. The van der Waals surface area contributed by atoms with Crippen molar-refractivity contribution in [2.24, 2.45) is 17.3 Å². The standard InChI is InChI=1S/C15H24O4/c1-5-6-8-15(14(16)19-4)9-7-12(10-17-2)13(15)11-18-3/h5,7,9,12-13H,1,6,8,10-11H2,2-4H3/t12-,13+,15-/m1/s1. The van der Waals surface area contributed by atoms with Gasteiger partial charge in [0.1, 0.15) is 0 Å². The molecule has 0 fully saturated rings. The molecule has 108 valence electrons. The van der Waals surface area contributed by atoms with Crippen LogP contribution in [0.3, 0.4) is 0 Å². The Labute approximate surface area is 115 Å². The van der Waals surface area contributed by atoms with Gasteiger partial charge in [-0.25, -0.2) is 0 Å². The van der Waals surface area contributed by atoms with Gasteiger partial charge in [0, 0.05) is 26.1 Å². The van der Waals surface area contributed by atoms with E-state index in [0.29, 0.717) is 19.6 Å². The Morgan fingerprint density at radius 2 is 2.00 bits per heavy atom. The maximum atomic E-state index is 12.3. The summed E-state index contributed by atoms with van der Waals surface area (Å²) in [6.45, 7) is 4.82. The average Bonchev–Trinajstić information content (AvgIpc) is 2.76. The molecule has 0 aromatic rings. The Morgan fingerprint density at radius 1 is 1.32 bits per heavy atom. The number of esters is 1. The summed E-state index contributed by atoms with van der Waals surface area (Å²) in [6, 6.07) is 0. The van der Waals surface area contributed by atoms with Crippen molar-refractivity contribution in [2.45, 2.75) is 12.8 Å². The van der Waals surface area contributed by atoms with Gasteiger partial charge >= 0.3 is 5.97 Å². The van der Waals surface area contributed by atoms with E-state index < -0.39 is 5.41 Å². The third-order valence-electron chi connectivity index (χ3n) is 3.85. The summed E-state index contributed by atoms with van der Waals surface area (Å²) < 4.78 is 15.6. The fraction of sp³-hybridized carbons (Fsp3) is 0.667. The predicted molar refractivity (Wildman–Crippen MR) is 73.8 cm³/mol. The third kappa shape index (κ3) is 3.25. The molecule has 0 heterocycles. The minimum absolute atomic E-state index is 0.0462. The van der Waals surface area contributed by atoms with Crippen LogP contribution in [0.4, 0.5) is 0 Å². The van der Waals surface area contributed by atoms with Gasteiger partial charge in [-0.1, -0.05) is 18.2 Å². The van der Waals surface area contributed by atoms with Gasteiger partial charge in [0.25, 0.3) is 0 Å². The number of hydrogen-bond donors (Lipinski definition) is 0. The van der Waals surface area contributed by atoms with E-state index in [1.165, 1.54) is 7.11 Å². The van der Waals surface area contributed by atoms with Crippen molar-refractivity contribution < 1.29 is 19.0 Å². The van der Waals surface area contributed by atoms with Crippen molar-refractivity contribution in [3.8, 4) is 0 Å². The first-order chi connectivity index (χ1) is 9.16. The Kier molecular flexibility index (Phi) is 6.25. The number of hydrogen-bond acceptors (Lipinski definition) is 4. The van der Waals surface area contributed by atoms with Crippen LogP contribution in [0.2, 0.25) is 0 Å². The van der Waals surface area contributed by atoms with E-state index >= 15 is 0 Å². The van der Waals surface area contributed by atoms with Crippen LogP contribution < -0.4 is 0 Å². The first-order valence-corrected chi connectivity index (χ1v) is 6.52. The summed E-state index contributed by atoms with van der Waals surface area (Å²) in [5, 5.41) is 0. The van der Waals surface area contributed by atoms with Crippen molar-refractivity contribution in [3.05, 3.63) is 24.8 Å². The summed E-state index contributed by atoms with van der Waals surface area (Å²) in [5.41, 5.74) is -0.623. The highest BCUT2D eigenvalue weighted by molar-refractivity contribution is 5.80. The van der Waals surface area contributed by atoms with Gasteiger partial charge in [-0.05, 0) is 12.8 Å². The summed E-state index contributed by atoms with van der Waals surface area (Å²) in [5.74, 6) is 0.0185. The Morgan fingerprint density at radius 3 is 2.53 bits per heavy atom. The summed E-state index contributed by atoms with van der Waals surface area (Å²) in [6.07, 6.45) is 7.29. The lowest BCUT2D eigenvalue weighted by atomic mass is 9.72. The van der Waals surface area contributed by atoms with Crippen molar-refractivity contribution in [2.75, 3.05) is 34.5 Å². The van der Waals surface area contributed by atoms with Crippen LogP contribution in [-0.4, -0.2) is 40.5 Å². The van der Waals surface area contributed by atoms with Gasteiger partial charge in [-0.15, -0.1) is 6.58 Å². The van der Waals surface area contributed by atoms with Crippen LogP contribution in [0.5, 0.6) is 0 Å². The monoisotopic (exact) mass is 268 g/mol. The van der Waals surface area contributed by atoms with Crippen molar-refractivity contribution in [1.29, 1.82) is 0 Å². The molecule has 0 amide bonds. The average molecular weight is 268 g/mol. The van der Waals surface area contributed by atoms with Crippen LogP contribution in [0.1, 0.15) is 12.8 Å². The highest BCUT2D eigenvalue weighted by atomic mass is 16.5. The zero-order chi connectivity index (χ0) is 14.3. The molecule has 1 aliphatic rings. The molecule has 0 radical (unpaired) electrons. The number of carbonyl (C=O) groups excluding carboxylic acids is 1. The van der Waals surface area contributed by atoms with Crippen LogP contribution in [0, 0.1) is 17.3 Å². The van der Waals surface area contributed by atoms with Crippen molar-refractivity contribution in [1.82, 2.24) is 0 Å². The lowest BCUT2D eigenvalue weighted by molar-refractivity contribution is -0.155. The van der Waals surface area contributed by atoms with Gasteiger partial charge in [-0.2, -0.15) is 0 Å². The number of carbonyl (C=O) groups is 1. The molecule has 0 saturated carbocycles. The van der Waals surface area contributed by atoms with Gasteiger partial charge in [-0.3, -0.25) is 4.79 Å². The van der Waals surface area contributed by atoms with Crippen molar-refractivity contribution in [3.63, 3.8) is 0 Å². The maximum absolute atomic E-state index is 12.3. The molecule has 0 aromatic heterocycles. The van der Waals surface area contributed by atoms with Gasteiger partial charge in [0.15, 0.2) is 0 Å². The predicted octanol–water partition coefficient (Wildman–Crippen LogP) is 2.21. The molecule has 0 spiro atoms. The second-order valence-corrected chi connectivity index (χ2v) is 4.90. The normalized spacial score (nSPS) is 29.4. The van der Waals surface area contributed by atoms with E-state index in [2.05, 4.69) is 6.58 Å². The smallest absolute Gasteiger partial charge is 0.316 e. The molecule has 0 bridgehead atoms. The molecule has 0 aromatic carbocycles. The SMILES string of the molecule is C=CCC[C@@]1(C(=O)OC)C=C[C@H](COC)[C@@H]1COC. The lowest BCUT2D eigenvalue weighted by Crippen LogP contribution is -2.41. The Hall–Kier alpha value is -1.13. The largest absolute Gasteiger partial charge is 0.468 e. The number of methoxy groups -OCH3 is 3. The fourth-order valence-corrected chi connectivity index (χ4v) is 2.87. The highest BCUT2D eigenvalue weighted by Gasteiger charge is 2.50. The van der Waals surface area contributed by atoms with E-state index in [1.54, 1.807) is 14.2 Å². The van der Waals surface area contributed by atoms with Crippen molar-refractivity contribution >= 4 is 5.97 Å². The zero-order valence-electron chi connectivity index (χ0n) is 12.1. The molecule has 0 aliphatic heterocycles. The maximum Gasteiger partial charge on any atom is 0.316 e. The molecule has 1 rings (SSSR count). The minimum Gasteiger partial charge on any atom is -0.468 e. The van der Waals surface area contributed by atoms with E-state index in [4.69, 9.17) is 14.2 Å². The second kappa shape index (κ2) is 7.46. The van der Waals surface area contributed by atoms with E-state index in [1.807, 2.05) is 18.2 Å². The van der Waals surface area contributed by atoms with E-state index in [9.17, 15) is 4.79 Å². The Balaban J connectivity index is 3.01. The van der Waals surface area contributed by atoms with Crippen LogP contribution >= 0.6 is 0 Å². The number of ether oxygens (including phenoxy) is 3. The second-order valence-electron chi connectivity index (χ2n) is 4.90. The van der Waals surface area contributed by atoms with Crippen LogP contribution in [0.25, 0.3) is 0 Å². The molecule has 19 heavy (non-hydrogen) atoms. The minimum atomic E-state index is -0.623. The van der Waals surface area contributed by atoms with E-state index in [-0.39, 0.29) is 17.8 Å². The van der Waals surface area contributed by atoms with Gasteiger partial charge < -0.3 is 14.2 Å². The lowest BCUT2D eigenvalue weighted by Gasteiger charge is -2.34. The van der Waals surface area contributed by atoms with Crippen LogP contribution in [-0.2, 0) is 19.0 Å². The molecule has 3 atom stereocenters. The topological polar surface area (TPSA) is 44.8 Å². The summed E-state index contributed by atoms with van der Waals surface area (Å²) in [7, 11) is 4.75. The molecule has 0 saturated heterocycles. The number of rotatable bonds is 8. The highest BCUT2D eigenvalue weighted by Crippen LogP contribution is 2.46. The molecule has 0 unspecified atom stereocenters. The quantitative estimate of drug-likeness (QED) is 0.500. The van der Waals surface area contributed by atoms with Gasteiger partial charge in [0.2, 0.25) is 0 Å². The van der Waals surface area contributed by atoms with Crippen LogP contribution in [0.15, 0.2) is 24.8 Å². The third-order valence-corrected chi connectivity index (χ3v) is 3.85. The molecule has 4 nitrogen and oxygen atoms in total. The number of allylic oxidation sites excluding steroid dienone is 1. The molecule has 0 N–H and O–H groups in total. The fourth-order valence-electron chi connectivity index (χ4n) is 2.87. The molecule has 4 heteroatoms. The molecular formula is C15H24O4. The Bertz CT molecular complexity index is 337. The van der Waals surface area contributed by atoms with E-state index in [0.717, 1.165) is 6.42 Å². The summed E-state index contributed by atoms with van der Waals surface area (Å²) >= 11 is 0. The van der Waals surface area contributed by atoms with Gasteiger partial charge in [0.05, 0.1) is 25.7 Å². The molecule has 1 aliphatic carbocycles. The molecular weight excluding hydrogens is 244 g/mol.